The maximum Gasteiger partial charge on any atom is 0.492 e. The molecule has 2 rings (SSSR count). The molecular weight excluding hydrogens is 321 g/mol. The average molecular weight is 347 g/mol. The number of rotatable bonds is 5. The van der Waals surface area contributed by atoms with Gasteiger partial charge in [0.1, 0.15) is 0 Å². The second-order valence-corrected chi connectivity index (χ2v) is 7.44. The van der Waals surface area contributed by atoms with Crippen molar-refractivity contribution in [1.82, 2.24) is 5.32 Å². The second-order valence-electron chi connectivity index (χ2n) is 7.12. The molecule has 0 saturated carbocycles. The standard InChI is InChI=1S/C18H26BNO3S/c1-13(21)20-11-16(10-14-7-6-8-15(9-14)12-24)19-22-17(2,3)18(4,5)23-19/h6-10,24H,11-12H2,1-5H3,(H,20,21). The summed E-state index contributed by atoms with van der Waals surface area (Å²) in [6.07, 6.45) is 2.02. The minimum absolute atomic E-state index is 0.0819. The fourth-order valence-electron chi connectivity index (χ4n) is 2.42. The summed E-state index contributed by atoms with van der Waals surface area (Å²) in [5.74, 6) is 0.598. The summed E-state index contributed by atoms with van der Waals surface area (Å²) in [5.41, 5.74) is 2.23. The summed E-state index contributed by atoms with van der Waals surface area (Å²) in [6, 6.07) is 8.13. The van der Waals surface area contributed by atoms with E-state index in [0.29, 0.717) is 12.3 Å². The molecule has 0 radical (unpaired) electrons. The van der Waals surface area contributed by atoms with Gasteiger partial charge in [0.15, 0.2) is 0 Å². The van der Waals surface area contributed by atoms with Crippen LogP contribution in [0.2, 0.25) is 0 Å². The van der Waals surface area contributed by atoms with Crippen LogP contribution in [0.15, 0.2) is 29.7 Å². The molecule has 24 heavy (non-hydrogen) atoms. The summed E-state index contributed by atoms with van der Waals surface area (Å²) >= 11 is 4.32. The lowest BCUT2D eigenvalue weighted by molar-refractivity contribution is -0.118. The van der Waals surface area contributed by atoms with E-state index >= 15 is 0 Å². The van der Waals surface area contributed by atoms with E-state index in [9.17, 15) is 4.79 Å². The Bertz CT molecular complexity index is 627. The van der Waals surface area contributed by atoms with Crippen molar-refractivity contribution in [1.29, 1.82) is 0 Å². The first kappa shape index (κ1) is 19.1. The van der Waals surface area contributed by atoms with Crippen molar-refractivity contribution in [3.8, 4) is 0 Å². The zero-order valence-electron chi connectivity index (χ0n) is 15.1. The van der Waals surface area contributed by atoms with Gasteiger partial charge in [0, 0.05) is 19.2 Å². The van der Waals surface area contributed by atoms with Gasteiger partial charge in [-0.15, -0.1) is 0 Å². The van der Waals surface area contributed by atoms with Gasteiger partial charge in [-0.1, -0.05) is 30.3 Å². The Morgan fingerprint density at radius 1 is 1.25 bits per heavy atom. The zero-order valence-corrected chi connectivity index (χ0v) is 15.9. The molecule has 1 N–H and O–H groups in total. The van der Waals surface area contributed by atoms with E-state index in [2.05, 4.69) is 24.0 Å². The van der Waals surface area contributed by atoms with Crippen molar-refractivity contribution < 1.29 is 14.1 Å². The number of amides is 1. The van der Waals surface area contributed by atoms with E-state index in [0.717, 1.165) is 16.6 Å². The molecule has 0 aromatic heterocycles. The van der Waals surface area contributed by atoms with Gasteiger partial charge in [-0.05, 0) is 44.3 Å². The Balaban J connectivity index is 2.31. The molecule has 1 aromatic rings. The third-order valence-electron chi connectivity index (χ3n) is 4.58. The minimum Gasteiger partial charge on any atom is -0.400 e. The van der Waals surface area contributed by atoms with Gasteiger partial charge in [-0.3, -0.25) is 4.79 Å². The lowest BCUT2D eigenvalue weighted by atomic mass is 9.77. The largest absolute Gasteiger partial charge is 0.492 e. The van der Waals surface area contributed by atoms with E-state index in [1.165, 1.54) is 6.92 Å². The van der Waals surface area contributed by atoms with Crippen molar-refractivity contribution in [2.45, 2.75) is 51.6 Å². The molecule has 0 spiro atoms. The SMILES string of the molecule is CC(=O)NCC(=Cc1cccc(CS)c1)B1OC(C)(C)C(C)(C)O1. The predicted octanol–water partition coefficient (Wildman–Crippen LogP) is 3.27. The fourth-order valence-corrected chi connectivity index (χ4v) is 2.62. The molecule has 1 aliphatic rings. The molecule has 1 fully saturated rings. The van der Waals surface area contributed by atoms with Gasteiger partial charge < -0.3 is 14.6 Å². The molecule has 0 atom stereocenters. The summed E-state index contributed by atoms with van der Waals surface area (Å²) in [7, 11) is -0.485. The molecule has 1 aromatic carbocycles. The number of carbonyl (C=O) groups is 1. The summed E-state index contributed by atoms with van der Waals surface area (Å²) in [5, 5.41) is 2.84. The van der Waals surface area contributed by atoms with Crippen LogP contribution in [-0.2, 0) is 19.9 Å². The first-order valence-electron chi connectivity index (χ1n) is 8.15. The van der Waals surface area contributed by atoms with Crippen LogP contribution in [0, 0.1) is 0 Å². The minimum atomic E-state index is -0.485. The third kappa shape index (κ3) is 4.44. The number of benzene rings is 1. The molecule has 1 aliphatic heterocycles. The molecule has 0 unspecified atom stereocenters. The number of nitrogens with one attached hydrogen (secondary N) is 1. The van der Waals surface area contributed by atoms with Crippen molar-refractivity contribution in [3.05, 3.63) is 40.9 Å². The molecular formula is C18H26BNO3S. The van der Waals surface area contributed by atoms with E-state index in [1.54, 1.807) is 0 Å². The Morgan fingerprint density at radius 2 is 1.88 bits per heavy atom. The van der Waals surface area contributed by atoms with Crippen molar-refractivity contribution >= 4 is 31.7 Å². The molecule has 4 nitrogen and oxygen atoms in total. The van der Waals surface area contributed by atoms with Crippen LogP contribution >= 0.6 is 12.6 Å². The lowest BCUT2D eigenvalue weighted by Crippen LogP contribution is -2.41. The molecule has 0 bridgehead atoms. The molecule has 6 heteroatoms. The highest BCUT2D eigenvalue weighted by Gasteiger charge is 2.52. The highest BCUT2D eigenvalue weighted by Crippen LogP contribution is 2.38. The van der Waals surface area contributed by atoms with Gasteiger partial charge in [-0.2, -0.15) is 12.6 Å². The average Bonchev–Trinajstić information content (AvgIpc) is 2.71. The van der Waals surface area contributed by atoms with Crippen LogP contribution in [0.5, 0.6) is 0 Å². The molecule has 1 heterocycles. The van der Waals surface area contributed by atoms with Gasteiger partial charge >= 0.3 is 7.12 Å². The summed E-state index contributed by atoms with van der Waals surface area (Å²) in [4.78, 5) is 11.3. The number of hydrogen-bond acceptors (Lipinski definition) is 4. The Hall–Kier alpha value is -1.24. The maximum absolute atomic E-state index is 11.3. The van der Waals surface area contributed by atoms with Crippen molar-refractivity contribution in [3.63, 3.8) is 0 Å². The summed E-state index contributed by atoms with van der Waals surface area (Å²) in [6.45, 7) is 9.96. The molecule has 0 aliphatic carbocycles. The van der Waals surface area contributed by atoms with Crippen molar-refractivity contribution in [2.24, 2.45) is 0 Å². The highest BCUT2D eigenvalue weighted by molar-refractivity contribution is 7.79. The van der Waals surface area contributed by atoms with Gasteiger partial charge in [0.25, 0.3) is 0 Å². The van der Waals surface area contributed by atoms with Crippen LogP contribution in [0.1, 0.15) is 45.7 Å². The van der Waals surface area contributed by atoms with E-state index in [-0.39, 0.29) is 5.91 Å². The fraction of sp³-hybridized carbons (Fsp3) is 0.500. The zero-order chi connectivity index (χ0) is 18.0. The van der Waals surface area contributed by atoms with Gasteiger partial charge in [0.05, 0.1) is 11.2 Å². The Labute approximate surface area is 150 Å². The van der Waals surface area contributed by atoms with E-state index in [1.807, 2.05) is 52.0 Å². The van der Waals surface area contributed by atoms with Crippen LogP contribution in [0.3, 0.4) is 0 Å². The molecule has 1 saturated heterocycles. The number of thiol groups is 1. The number of hydrogen-bond donors (Lipinski definition) is 2. The monoisotopic (exact) mass is 347 g/mol. The van der Waals surface area contributed by atoms with Crippen LogP contribution < -0.4 is 5.32 Å². The normalized spacial score (nSPS) is 19.4. The van der Waals surface area contributed by atoms with Gasteiger partial charge in [0.2, 0.25) is 5.91 Å². The van der Waals surface area contributed by atoms with Crippen molar-refractivity contribution in [2.75, 3.05) is 6.54 Å². The quantitative estimate of drug-likeness (QED) is 0.635. The predicted molar refractivity (Wildman–Crippen MR) is 102 cm³/mol. The topological polar surface area (TPSA) is 47.6 Å². The lowest BCUT2D eigenvalue weighted by Gasteiger charge is -2.32. The van der Waals surface area contributed by atoms with Gasteiger partial charge in [-0.25, -0.2) is 0 Å². The Kier molecular flexibility index (Phi) is 5.84. The summed E-state index contributed by atoms with van der Waals surface area (Å²) < 4.78 is 12.3. The maximum atomic E-state index is 11.3. The smallest absolute Gasteiger partial charge is 0.400 e. The van der Waals surface area contributed by atoms with E-state index in [4.69, 9.17) is 9.31 Å². The second kappa shape index (κ2) is 7.34. The van der Waals surface area contributed by atoms with Crippen LogP contribution in [0.25, 0.3) is 6.08 Å². The van der Waals surface area contributed by atoms with Crippen LogP contribution in [0.4, 0.5) is 0 Å². The van der Waals surface area contributed by atoms with Crippen LogP contribution in [-0.4, -0.2) is 30.8 Å². The molecule has 1 amide bonds. The van der Waals surface area contributed by atoms with E-state index < -0.39 is 18.3 Å². The third-order valence-corrected chi connectivity index (χ3v) is 4.95. The Morgan fingerprint density at radius 3 is 2.42 bits per heavy atom. The first-order valence-corrected chi connectivity index (χ1v) is 8.78. The highest BCUT2D eigenvalue weighted by atomic mass is 32.1. The molecule has 130 valence electrons. The number of carbonyl (C=O) groups excluding carboxylic acids is 1. The first-order chi connectivity index (χ1) is 11.1.